The summed E-state index contributed by atoms with van der Waals surface area (Å²) in [6.45, 7) is 6.68. The van der Waals surface area contributed by atoms with Gasteiger partial charge in [0.15, 0.2) is 0 Å². The van der Waals surface area contributed by atoms with Crippen molar-refractivity contribution in [3.05, 3.63) is 36.1 Å². The molecule has 2 rings (SSSR count). The molecule has 0 saturated carbocycles. The van der Waals surface area contributed by atoms with Crippen molar-refractivity contribution in [2.24, 2.45) is 0 Å². The smallest absolute Gasteiger partial charge is 0.289 e. The highest BCUT2D eigenvalue weighted by atomic mass is 16.5. The van der Waals surface area contributed by atoms with Crippen LogP contribution in [0.25, 0.3) is 0 Å². The number of amides is 2. The molecule has 3 N–H and O–H groups in total. The molecule has 1 aliphatic rings. The maximum atomic E-state index is 11.8. The minimum absolute atomic E-state index is 0.190. The lowest BCUT2D eigenvalue weighted by Crippen LogP contribution is -2.38. The van der Waals surface area contributed by atoms with Gasteiger partial charge in [-0.15, -0.1) is 0 Å². The third-order valence-electron chi connectivity index (χ3n) is 3.57. The van der Waals surface area contributed by atoms with E-state index in [4.69, 9.17) is 4.74 Å². The van der Waals surface area contributed by atoms with Crippen molar-refractivity contribution in [3.8, 4) is 0 Å². The predicted octanol–water partition coefficient (Wildman–Crippen LogP) is -0.547. The van der Waals surface area contributed by atoms with Crippen LogP contribution in [0, 0.1) is 0 Å². The summed E-state index contributed by atoms with van der Waals surface area (Å²) in [5.74, 6) is -0.632. The first kappa shape index (κ1) is 18.8. The number of morpholine rings is 1. The fourth-order valence-electron chi connectivity index (χ4n) is 2.26. The number of rotatable bonds is 8. The van der Waals surface area contributed by atoms with Crippen LogP contribution in [0.2, 0.25) is 0 Å². The minimum Gasteiger partial charge on any atom is -0.379 e. The van der Waals surface area contributed by atoms with Gasteiger partial charge in [0.05, 0.1) is 19.4 Å². The summed E-state index contributed by atoms with van der Waals surface area (Å²) < 4.78 is 5.29. The van der Waals surface area contributed by atoms with E-state index >= 15 is 0 Å². The molecule has 0 aromatic carbocycles. The SMILES string of the molecule is C/C(=C\C(=O)NCCCN1CCOCC1)NNC(=O)c1cnccn1. The molecule has 1 aromatic rings. The number of nitrogens with one attached hydrogen (secondary N) is 3. The Morgan fingerprint density at radius 3 is 2.80 bits per heavy atom. The van der Waals surface area contributed by atoms with E-state index < -0.39 is 5.91 Å². The number of allylic oxidation sites excluding steroid dienone is 1. The van der Waals surface area contributed by atoms with E-state index in [9.17, 15) is 9.59 Å². The van der Waals surface area contributed by atoms with Crippen LogP contribution in [0.5, 0.6) is 0 Å². The fourth-order valence-corrected chi connectivity index (χ4v) is 2.26. The number of carbonyl (C=O) groups is 2. The lowest BCUT2D eigenvalue weighted by Gasteiger charge is -2.26. The van der Waals surface area contributed by atoms with E-state index in [1.165, 1.54) is 24.7 Å². The zero-order valence-corrected chi connectivity index (χ0v) is 14.3. The van der Waals surface area contributed by atoms with Crippen LogP contribution in [0.4, 0.5) is 0 Å². The van der Waals surface area contributed by atoms with Gasteiger partial charge in [-0.1, -0.05) is 0 Å². The van der Waals surface area contributed by atoms with Crippen molar-refractivity contribution in [1.82, 2.24) is 31.0 Å². The van der Waals surface area contributed by atoms with Gasteiger partial charge in [0.1, 0.15) is 5.69 Å². The van der Waals surface area contributed by atoms with Gasteiger partial charge in [-0.2, -0.15) is 0 Å². The maximum absolute atomic E-state index is 11.8. The first-order valence-corrected chi connectivity index (χ1v) is 8.24. The predicted molar refractivity (Wildman–Crippen MR) is 91.3 cm³/mol. The molecule has 2 amide bonds. The summed E-state index contributed by atoms with van der Waals surface area (Å²) in [4.78, 5) is 33.6. The van der Waals surface area contributed by atoms with Gasteiger partial charge < -0.3 is 15.5 Å². The van der Waals surface area contributed by atoms with Crippen molar-refractivity contribution < 1.29 is 14.3 Å². The fraction of sp³-hybridized carbons (Fsp3) is 0.500. The van der Waals surface area contributed by atoms with Crippen molar-refractivity contribution in [1.29, 1.82) is 0 Å². The molecule has 1 fully saturated rings. The zero-order chi connectivity index (χ0) is 17.9. The summed E-state index contributed by atoms with van der Waals surface area (Å²) in [5, 5.41) is 2.82. The quantitative estimate of drug-likeness (QED) is 0.329. The Hall–Kier alpha value is -2.52. The second-order valence-electron chi connectivity index (χ2n) is 5.60. The Balaban J connectivity index is 1.61. The van der Waals surface area contributed by atoms with Crippen LogP contribution in [0.15, 0.2) is 30.4 Å². The average Bonchev–Trinajstić information content (AvgIpc) is 2.65. The van der Waals surface area contributed by atoms with Crippen molar-refractivity contribution in [3.63, 3.8) is 0 Å². The molecule has 1 saturated heterocycles. The molecular weight excluding hydrogens is 324 g/mol. The lowest BCUT2D eigenvalue weighted by atomic mass is 10.3. The van der Waals surface area contributed by atoms with Crippen LogP contribution < -0.4 is 16.2 Å². The lowest BCUT2D eigenvalue weighted by molar-refractivity contribution is -0.116. The standard InChI is InChI=1S/C16H24N6O3/c1-13(20-21-16(24)14-12-17-4-5-18-14)11-15(23)19-3-2-6-22-7-9-25-10-8-22/h4-5,11-12,20H,2-3,6-10H2,1H3,(H,19,23)(H,21,24)/b13-11+. The first-order valence-electron chi connectivity index (χ1n) is 8.24. The van der Waals surface area contributed by atoms with Crippen LogP contribution >= 0.6 is 0 Å². The highest BCUT2D eigenvalue weighted by molar-refractivity contribution is 5.92. The average molecular weight is 348 g/mol. The number of hydrazine groups is 1. The van der Waals surface area contributed by atoms with Crippen molar-refractivity contribution in [2.45, 2.75) is 13.3 Å². The Morgan fingerprint density at radius 2 is 2.08 bits per heavy atom. The Morgan fingerprint density at radius 1 is 1.28 bits per heavy atom. The topological polar surface area (TPSA) is 108 Å². The number of aromatic nitrogens is 2. The van der Waals surface area contributed by atoms with Crippen LogP contribution in [-0.2, 0) is 9.53 Å². The van der Waals surface area contributed by atoms with E-state index in [-0.39, 0.29) is 11.6 Å². The van der Waals surface area contributed by atoms with Crippen LogP contribution in [-0.4, -0.2) is 66.1 Å². The molecule has 25 heavy (non-hydrogen) atoms. The van der Waals surface area contributed by atoms with Gasteiger partial charge in [-0.25, -0.2) is 4.98 Å². The molecule has 1 aromatic heterocycles. The van der Waals surface area contributed by atoms with Gasteiger partial charge in [-0.3, -0.25) is 24.9 Å². The summed E-state index contributed by atoms with van der Waals surface area (Å²) in [6.07, 6.45) is 6.55. The molecule has 0 spiro atoms. The van der Waals surface area contributed by atoms with Gasteiger partial charge >= 0.3 is 0 Å². The van der Waals surface area contributed by atoms with E-state index in [1.54, 1.807) is 6.92 Å². The molecular formula is C16H24N6O3. The molecule has 1 aliphatic heterocycles. The van der Waals surface area contributed by atoms with E-state index in [0.717, 1.165) is 39.3 Å². The molecule has 9 nitrogen and oxygen atoms in total. The second kappa shape index (κ2) is 10.4. The maximum Gasteiger partial charge on any atom is 0.289 e. The number of nitrogens with zero attached hydrogens (tertiary/aromatic N) is 3. The molecule has 0 radical (unpaired) electrons. The van der Waals surface area contributed by atoms with E-state index in [1.807, 2.05) is 0 Å². The van der Waals surface area contributed by atoms with E-state index in [2.05, 4.69) is 31.0 Å². The summed E-state index contributed by atoms with van der Waals surface area (Å²) in [7, 11) is 0. The van der Waals surface area contributed by atoms with Gasteiger partial charge in [0.2, 0.25) is 5.91 Å². The monoisotopic (exact) mass is 348 g/mol. The van der Waals surface area contributed by atoms with Crippen molar-refractivity contribution >= 4 is 11.8 Å². The number of hydrogen-bond donors (Lipinski definition) is 3. The van der Waals surface area contributed by atoms with Crippen LogP contribution in [0.3, 0.4) is 0 Å². The largest absolute Gasteiger partial charge is 0.379 e. The molecule has 0 aliphatic carbocycles. The molecule has 136 valence electrons. The molecule has 0 bridgehead atoms. The Labute approximate surface area is 146 Å². The number of carbonyl (C=O) groups excluding carboxylic acids is 2. The molecule has 9 heteroatoms. The Bertz CT molecular complexity index is 587. The molecule has 0 atom stereocenters. The third kappa shape index (κ3) is 7.27. The third-order valence-corrected chi connectivity index (χ3v) is 3.57. The summed E-state index contributed by atoms with van der Waals surface area (Å²) in [5.41, 5.74) is 5.83. The van der Waals surface area contributed by atoms with Crippen molar-refractivity contribution in [2.75, 3.05) is 39.4 Å². The first-order chi connectivity index (χ1) is 12.1. The van der Waals surface area contributed by atoms with Crippen LogP contribution in [0.1, 0.15) is 23.8 Å². The molecule has 0 unspecified atom stereocenters. The minimum atomic E-state index is -0.424. The number of hydrogen-bond acceptors (Lipinski definition) is 7. The van der Waals surface area contributed by atoms with Gasteiger partial charge in [0, 0.05) is 43.8 Å². The highest BCUT2D eigenvalue weighted by Gasteiger charge is 2.09. The van der Waals surface area contributed by atoms with Gasteiger partial charge in [-0.05, 0) is 19.9 Å². The second-order valence-corrected chi connectivity index (χ2v) is 5.60. The zero-order valence-electron chi connectivity index (χ0n) is 14.3. The molecule has 2 heterocycles. The van der Waals surface area contributed by atoms with Gasteiger partial charge in [0.25, 0.3) is 5.91 Å². The normalized spacial score (nSPS) is 15.5. The summed E-state index contributed by atoms with van der Waals surface area (Å²) >= 11 is 0. The number of ether oxygens (including phenoxy) is 1. The Kier molecular flexibility index (Phi) is 7.80. The highest BCUT2D eigenvalue weighted by Crippen LogP contribution is 1.97. The van der Waals surface area contributed by atoms with E-state index in [0.29, 0.717) is 12.2 Å². The summed E-state index contributed by atoms with van der Waals surface area (Å²) in [6, 6.07) is 0.